The molecule has 3 heteroatoms. The summed E-state index contributed by atoms with van der Waals surface area (Å²) < 4.78 is 0. The summed E-state index contributed by atoms with van der Waals surface area (Å²) in [7, 11) is 0. The lowest BCUT2D eigenvalue weighted by atomic mass is 9.52. The number of rotatable bonds is 2. The largest absolute Gasteiger partial charge is 0.481 e. The van der Waals surface area contributed by atoms with Gasteiger partial charge < -0.3 is 10.2 Å². The smallest absolute Gasteiger partial charge is 0.310 e. The minimum Gasteiger partial charge on any atom is -0.481 e. The first-order chi connectivity index (χ1) is 7.89. The fraction of sp³-hybridized carbons (Fsp3) is 0.929. The maximum Gasteiger partial charge on any atom is 0.310 e. The molecule has 2 N–H and O–H groups in total. The molecule has 0 aromatic heterocycles. The zero-order valence-electron chi connectivity index (χ0n) is 10.5. The number of carboxylic acid groups (broad SMARTS) is 1. The summed E-state index contributed by atoms with van der Waals surface area (Å²) in [6.45, 7) is 1.90. The standard InChI is InChI=1S/C14H22O3/c1-12(17)7-10-3-2-4-13(8-10,9-12)14(5-6-14)11(15)16/h10,17H,2-9H2,1H3,(H,15,16). The zero-order chi connectivity index (χ0) is 12.3. The molecule has 3 rings (SSSR count). The summed E-state index contributed by atoms with van der Waals surface area (Å²) in [5, 5.41) is 20.0. The molecule has 3 aliphatic rings. The second-order valence-corrected chi connectivity index (χ2v) is 7.01. The van der Waals surface area contributed by atoms with Crippen LogP contribution in [0.2, 0.25) is 0 Å². The Labute approximate surface area is 102 Å². The van der Waals surface area contributed by atoms with Crippen molar-refractivity contribution in [3.05, 3.63) is 0 Å². The Kier molecular flexibility index (Phi) is 2.20. The van der Waals surface area contributed by atoms with Gasteiger partial charge in [-0.05, 0) is 56.8 Å². The van der Waals surface area contributed by atoms with Crippen LogP contribution < -0.4 is 0 Å². The van der Waals surface area contributed by atoms with Crippen molar-refractivity contribution < 1.29 is 15.0 Å². The van der Waals surface area contributed by atoms with Gasteiger partial charge in [0, 0.05) is 0 Å². The van der Waals surface area contributed by atoms with E-state index in [1.54, 1.807) is 0 Å². The van der Waals surface area contributed by atoms with Gasteiger partial charge in [-0.3, -0.25) is 4.79 Å². The SMILES string of the molecule is CC1(O)CC2CCCC(C3(C(=O)O)CC3)(C2)C1. The maximum atomic E-state index is 11.6. The van der Waals surface area contributed by atoms with Gasteiger partial charge in [-0.25, -0.2) is 0 Å². The van der Waals surface area contributed by atoms with Crippen molar-refractivity contribution in [3.8, 4) is 0 Å². The first-order valence-corrected chi connectivity index (χ1v) is 6.85. The number of carbonyl (C=O) groups is 1. The molecule has 0 radical (unpaired) electrons. The molecule has 2 bridgehead atoms. The van der Waals surface area contributed by atoms with Crippen LogP contribution in [-0.4, -0.2) is 21.8 Å². The third-order valence-electron chi connectivity index (χ3n) is 5.57. The summed E-state index contributed by atoms with van der Waals surface area (Å²) in [4.78, 5) is 11.6. The van der Waals surface area contributed by atoms with E-state index in [-0.39, 0.29) is 5.41 Å². The van der Waals surface area contributed by atoms with Crippen LogP contribution >= 0.6 is 0 Å². The predicted molar refractivity (Wildman–Crippen MR) is 63.6 cm³/mol. The molecule has 3 aliphatic carbocycles. The number of aliphatic carboxylic acids is 1. The minimum absolute atomic E-state index is 0.108. The van der Waals surface area contributed by atoms with E-state index in [4.69, 9.17) is 0 Å². The summed E-state index contributed by atoms with van der Waals surface area (Å²) in [6, 6.07) is 0. The van der Waals surface area contributed by atoms with Crippen LogP contribution in [0, 0.1) is 16.7 Å². The predicted octanol–water partition coefficient (Wildman–Crippen LogP) is 2.57. The monoisotopic (exact) mass is 238 g/mol. The number of aliphatic hydroxyl groups is 1. The molecule has 0 aromatic carbocycles. The van der Waals surface area contributed by atoms with E-state index in [1.807, 2.05) is 6.92 Å². The van der Waals surface area contributed by atoms with Crippen molar-refractivity contribution in [1.29, 1.82) is 0 Å². The minimum atomic E-state index is -0.644. The summed E-state index contributed by atoms with van der Waals surface area (Å²) >= 11 is 0. The first-order valence-electron chi connectivity index (χ1n) is 6.85. The fourth-order valence-electron chi connectivity index (χ4n) is 4.94. The van der Waals surface area contributed by atoms with Crippen molar-refractivity contribution >= 4 is 5.97 Å². The van der Waals surface area contributed by atoms with Crippen LogP contribution in [0.1, 0.15) is 58.3 Å². The van der Waals surface area contributed by atoms with Crippen LogP contribution in [0.3, 0.4) is 0 Å². The fourth-order valence-corrected chi connectivity index (χ4v) is 4.94. The lowest BCUT2D eigenvalue weighted by Gasteiger charge is -2.54. The first kappa shape index (κ1) is 11.5. The Morgan fingerprint density at radius 2 is 1.94 bits per heavy atom. The van der Waals surface area contributed by atoms with E-state index in [0.717, 1.165) is 38.5 Å². The Balaban J connectivity index is 1.97. The molecule has 0 spiro atoms. The molecule has 3 atom stereocenters. The van der Waals surface area contributed by atoms with Crippen molar-refractivity contribution in [2.45, 2.75) is 63.9 Å². The van der Waals surface area contributed by atoms with Crippen molar-refractivity contribution in [3.63, 3.8) is 0 Å². The normalized spacial score (nSPS) is 47.5. The van der Waals surface area contributed by atoms with E-state index in [1.165, 1.54) is 6.42 Å². The van der Waals surface area contributed by atoms with Gasteiger partial charge in [0.25, 0.3) is 0 Å². The molecule has 3 unspecified atom stereocenters. The molecule has 96 valence electrons. The highest BCUT2D eigenvalue weighted by molar-refractivity contribution is 5.79. The maximum absolute atomic E-state index is 11.6. The van der Waals surface area contributed by atoms with Crippen LogP contribution in [0.25, 0.3) is 0 Å². The average molecular weight is 238 g/mol. The van der Waals surface area contributed by atoms with Gasteiger partial charge in [0.15, 0.2) is 0 Å². The van der Waals surface area contributed by atoms with E-state index in [9.17, 15) is 15.0 Å². The van der Waals surface area contributed by atoms with Crippen molar-refractivity contribution in [2.24, 2.45) is 16.7 Å². The molecular formula is C14H22O3. The third kappa shape index (κ3) is 1.55. The molecule has 3 nitrogen and oxygen atoms in total. The molecule has 0 saturated heterocycles. The van der Waals surface area contributed by atoms with E-state index in [2.05, 4.69) is 0 Å². The highest BCUT2D eigenvalue weighted by atomic mass is 16.4. The number of hydrogen-bond donors (Lipinski definition) is 2. The van der Waals surface area contributed by atoms with Gasteiger partial charge >= 0.3 is 5.97 Å². The van der Waals surface area contributed by atoms with Gasteiger partial charge in [0.2, 0.25) is 0 Å². The Morgan fingerprint density at radius 1 is 1.24 bits per heavy atom. The molecule has 3 fully saturated rings. The molecule has 0 aliphatic heterocycles. The Hall–Kier alpha value is -0.570. The summed E-state index contributed by atoms with van der Waals surface area (Å²) in [5.41, 5.74) is -1.24. The highest BCUT2D eigenvalue weighted by Gasteiger charge is 2.67. The summed E-state index contributed by atoms with van der Waals surface area (Å²) in [5.74, 6) is -0.0693. The number of fused-ring (bicyclic) bond motifs is 2. The zero-order valence-corrected chi connectivity index (χ0v) is 10.5. The second-order valence-electron chi connectivity index (χ2n) is 7.01. The van der Waals surface area contributed by atoms with E-state index in [0.29, 0.717) is 12.3 Å². The quantitative estimate of drug-likeness (QED) is 0.777. The molecular weight excluding hydrogens is 216 g/mol. The average Bonchev–Trinajstić information content (AvgIpc) is 2.94. The van der Waals surface area contributed by atoms with Crippen LogP contribution in [0.15, 0.2) is 0 Å². The number of hydrogen-bond acceptors (Lipinski definition) is 2. The molecule has 17 heavy (non-hydrogen) atoms. The molecule has 0 heterocycles. The molecule has 0 aromatic rings. The van der Waals surface area contributed by atoms with Crippen molar-refractivity contribution in [2.75, 3.05) is 0 Å². The lowest BCUT2D eigenvalue weighted by Crippen LogP contribution is -2.51. The van der Waals surface area contributed by atoms with Gasteiger partial charge in [-0.15, -0.1) is 0 Å². The Morgan fingerprint density at radius 3 is 2.53 bits per heavy atom. The topological polar surface area (TPSA) is 57.5 Å². The van der Waals surface area contributed by atoms with E-state index < -0.39 is 17.0 Å². The van der Waals surface area contributed by atoms with Gasteiger partial charge in [0.1, 0.15) is 0 Å². The third-order valence-corrected chi connectivity index (χ3v) is 5.57. The summed E-state index contributed by atoms with van der Waals surface area (Å²) in [6.07, 6.45) is 7.58. The highest BCUT2D eigenvalue weighted by Crippen LogP contribution is 2.69. The van der Waals surface area contributed by atoms with Crippen LogP contribution in [-0.2, 0) is 4.79 Å². The van der Waals surface area contributed by atoms with Gasteiger partial charge in [-0.1, -0.05) is 12.8 Å². The van der Waals surface area contributed by atoms with Gasteiger partial charge in [0.05, 0.1) is 11.0 Å². The van der Waals surface area contributed by atoms with Gasteiger partial charge in [-0.2, -0.15) is 0 Å². The molecule has 3 saturated carbocycles. The Bertz CT molecular complexity index is 356. The van der Waals surface area contributed by atoms with Crippen LogP contribution in [0.5, 0.6) is 0 Å². The second kappa shape index (κ2) is 3.25. The lowest BCUT2D eigenvalue weighted by molar-refractivity contribution is -0.162. The molecule has 0 amide bonds. The number of carboxylic acids is 1. The van der Waals surface area contributed by atoms with E-state index >= 15 is 0 Å². The van der Waals surface area contributed by atoms with Crippen molar-refractivity contribution in [1.82, 2.24) is 0 Å². The van der Waals surface area contributed by atoms with Crippen LogP contribution in [0.4, 0.5) is 0 Å².